The molecule has 0 radical (unpaired) electrons. The van der Waals surface area contributed by atoms with Crippen LogP contribution >= 0.6 is 7.92 Å². The Labute approximate surface area is 239 Å². The summed E-state index contributed by atoms with van der Waals surface area (Å²) in [6.07, 6.45) is 0. The van der Waals surface area contributed by atoms with E-state index in [9.17, 15) is 0 Å². The Morgan fingerprint density at radius 3 is 0.850 bits per heavy atom. The third kappa shape index (κ3) is 4.92. The molecule has 0 atom stereocenters. The molecule has 0 unspecified atom stereocenters. The molecule has 0 nitrogen and oxygen atoms in total. The van der Waals surface area contributed by atoms with Gasteiger partial charge in [-0.05, 0) is 94.7 Å². The van der Waals surface area contributed by atoms with Crippen LogP contribution in [0.2, 0.25) is 0 Å². The molecule has 0 amide bonds. The Morgan fingerprint density at radius 2 is 0.575 bits per heavy atom. The van der Waals surface area contributed by atoms with Crippen LogP contribution in [0.25, 0.3) is 33.4 Å². The first kappa shape index (κ1) is 26.0. The maximum atomic E-state index is 2.36. The highest BCUT2D eigenvalue weighted by atomic mass is 31.1. The first-order valence-electron chi connectivity index (χ1n) is 13.9. The minimum absolute atomic E-state index is 0.828. The molecule has 1 heteroatoms. The first-order valence-corrected chi connectivity index (χ1v) is 15.2. The average Bonchev–Trinajstić information content (AvgIpc) is 3.01. The zero-order chi connectivity index (χ0) is 27.5. The van der Waals surface area contributed by atoms with Gasteiger partial charge in [0.25, 0.3) is 0 Å². The fourth-order valence-corrected chi connectivity index (χ4v) is 8.63. The van der Waals surface area contributed by atoms with E-state index >= 15 is 0 Å². The second-order valence-corrected chi connectivity index (χ2v) is 12.4. The van der Waals surface area contributed by atoms with Crippen LogP contribution in [0, 0.1) is 20.8 Å². The van der Waals surface area contributed by atoms with E-state index in [-0.39, 0.29) is 0 Å². The summed E-state index contributed by atoms with van der Waals surface area (Å²) in [6, 6.07) is 53.0. The van der Waals surface area contributed by atoms with Gasteiger partial charge in [0.1, 0.15) is 0 Å². The smallest absolute Gasteiger partial charge is 0.0116 e. The fraction of sp³-hybridized carbons (Fsp3) is 0.0769. The monoisotopic (exact) mass is 532 g/mol. The van der Waals surface area contributed by atoms with Crippen LogP contribution in [0.5, 0.6) is 0 Å². The Balaban J connectivity index is 1.61. The van der Waals surface area contributed by atoms with Crippen LogP contribution < -0.4 is 15.9 Å². The molecular formula is C39H33P. The van der Waals surface area contributed by atoms with Gasteiger partial charge >= 0.3 is 0 Å². The SMILES string of the molecule is Cc1c(-c2ccccc2)cccc1P(c1cccc(-c2ccccc2)c1C)c1cccc(-c2ccccc2)c1C. The normalized spacial score (nSPS) is 11.1. The summed E-state index contributed by atoms with van der Waals surface area (Å²) >= 11 is 0. The van der Waals surface area contributed by atoms with Crippen molar-refractivity contribution in [3.8, 4) is 33.4 Å². The van der Waals surface area contributed by atoms with Crippen LogP contribution in [-0.2, 0) is 0 Å². The van der Waals surface area contributed by atoms with Crippen molar-refractivity contribution in [2.45, 2.75) is 20.8 Å². The van der Waals surface area contributed by atoms with Gasteiger partial charge in [-0.3, -0.25) is 0 Å². The largest absolute Gasteiger partial charge is 0.0622 e. The molecule has 6 aromatic rings. The fourth-order valence-electron chi connectivity index (χ4n) is 5.78. The van der Waals surface area contributed by atoms with Crippen molar-refractivity contribution < 1.29 is 0 Å². The van der Waals surface area contributed by atoms with E-state index in [0.717, 1.165) is 0 Å². The zero-order valence-electron chi connectivity index (χ0n) is 23.3. The van der Waals surface area contributed by atoms with E-state index in [0.29, 0.717) is 0 Å². The van der Waals surface area contributed by atoms with Crippen LogP contribution in [-0.4, -0.2) is 0 Å². The van der Waals surface area contributed by atoms with Gasteiger partial charge in [0.05, 0.1) is 0 Å². The van der Waals surface area contributed by atoms with E-state index in [4.69, 9.17) is 0 Å². The number of hydrogen-bond acceptors (Lipinski definition) is 0. The topological polar surface area (TPSA) is 0 Å². The van der Waals surface area contributed by atoms with E-state index < -0.39 is 7.92 Å². The maximum absolute atomic E-state index is 2.36. The molecule has 0 saturated carbocycles. The predicted octanol–water partition coefficient (Wildman–Crippen LogP) is 9.37. The molecule has 0 bridgehead atoms. The molecule has 6 rings (SSSR count). The van der Waals surface area contributed by atoms with Crippen molar-refractivity contribution in [1.29, 1.82) is 0 Å². The lowest BCUT2D eigenvalue weighted by Gasteiger charge is -2.27. The molecule has 40 heavy (non-hydrogen) atoms. The molecule has 0 heterocycles. The standard InChI is InChI=1S/C39H33P/c1-28-34(31-16-7-4-8-17-31)22-13-25-37(28)40(38-26-14-23-35(29(38)2)32-18-9-5-10-19-32)39-27-15-24-36(30(39)3)33-20-11-6-12-21-33/h4-27H,1-3H3. The Hall–Kier alpha value is -4.25. The molecule has 6 aromatic carbocycles. The summed E-state index contributed by atoms with van der Waals surface area (Å²) in [6.45, 7) is 6.92. The van der Waals surface area contributed by atoms with Gasteiger partial charge in [0.15, 0.2) is 0 Å². The third-order valence-corrected chi connectivity index (χ3v) is 10.8. The Morgan fingerprint density at radius 1 is 0.300 bits per heavy atom. The van der Waals surface area contributed by atoms with Crippen molar-refractivity contribution in [2.24, 2.45) is 0 Å². The summed E-state index contributed by atoms with van der Waals surface area (Å²) in [7, 11) is -0.828. The number of rotatable bonds is 6. The molecule has 0 aromatic heterocycles. The second-order valence-electron chi connectivity index (χ2n) is 10.3. The van der Waals surface area contributed by atoms with Crippen molar-refractivity contribution >= 4 is 23.8 Å². The van der Waals surface area contributed by atoms with E-state index in [1.165, 1.54) is 66.0 Å². The summed E-state index contributed by atoms with van der Waals surface area (Å²) in [5, 5.41) is 4.24. The Kier molecular flexibility index (Phi) is 7.45. The molecule has 0 aliphatic rings. The molecule has 194 valence electrons. The molecule has 0 N–H and O–H groups in total. The summed E-state index contributed by atoms with van der Waals surface area (Å²) < 4.78 is 0. The van der Waals surface area contributed by atoms with Gasteiger partial charge in [-0.25, -0.2) is 0 Å². The zero-order valence-corrected chi connectivity index (χ0v) is 24.2. The highest BCUT2D eigenvalue weighted by Crippen LogP contribution is 2.41. The lowest BCUT2D eigenvalue weighted by Crippen LogP contribution is -2.26. The van der Waals surface area contributed by atoms with E-state index in [1.54, 1.807) is 0 Å². The molecular weight excluding hydrogens is 499 g/mol. The molecule has 0 aliphatic heterocycles. The summed E-state index contributed by atoms with van der Waals surface area (Å²) in [5.41, 5.74) is 11.8. The van der Waals surface area contributed by atoms with E-state index in [2.05, 4.69) is 166 Å². The molecule has 0 spiro atoms. The van der Waals surface area contributed by atoms with E-state index in [1.807, 2.05) is 0 Å². The maximum Gasteiger partial charge on any atom is -0.0116 e. The first-order chi connectivity index (χ1) is 19.6. The minimum atomic E-state index is -0.828. The molecule has 0 fully saturated rings. The average molecular weight is 533 g/mol. The van der Waals surface area contributed by atoms with Gasteiger partial charge in [0, 0.05) is 0 Å². The van der Waals surface area contributed by atoms with Crippen LogP contribution in [0.4, 0.5) is 0 Å². The van der Waals surface area contributed by atoms with Crippen molar-refractivity contribution in [1.82, 2.24) is 0 Å². The summed E-state index contributed by atoms with van der Waals surface area (Å²) in [5.74, 6) is 0. The lowest BCUT2D eigenvalue weighted by atomic mass is 10.0. The van der Waals surface area contributed by atoms with Crippen molar-refractivity contribution in [3.63, 3.8) is 0 Å². The van der Waals surface area contributed by atoms with Crippen molar-refractivity contribution in [3.05, 3.63) is 162 Å². The highest BCUT2D eigenvalue weighted by Gasteiger charge is 2.25. The molecule has 0 aliphatic carbocycles. The predicted molar refractivity (Wildman–Crippen MR) is 176 cm³/mol. The van der Waals surface area contributed by atoms with Gasteiger partial charge in [-0.2, -0.15) is 0 Å². The lowest BCUT2D eigenvalue weighted by molar-refractivity contribution is 1.47. The minimum Gasteiger partial charge on any atom is -0.0622 e. The third-order valence-electron chi connectivity index (χ3n) is 7.89. The Bertz CT molecular complexity index is 1540. The number of hydrogen-bond donors (Lipinski definition) is 0. The van der Waals surface area contributed by atoms with Crippen LogP contribution in [0.1, 0.15) is 16.7 Å². The molecule has 0 saturated heterocycles. The van der Waals surface area contributed by atoms with Gasteiger partial charge < -0.3 is 0 Å². The highest BCUT2D eigenvalue weighted by molar-refractivity contribution is 7.80. The van der Waals surface area contributed by atoms with Crippen LogP contribution in [0.15, 0.2) is 146 Å². The second kappa shape index (κ2) is 11.5. The van der Waals surface area contributed by atoms with Gasteiger partial charge in [-0.15, -0.1) is 0 Å². The number of benzene rings is 6. The van der Waals surface area contributed by atoms with Crippen molar-refractivity contribution in [2.75, 3.05) is 0 Å². The quantitative estimate of drug-likeness (QED) is 0.188. The van der Waals surface area contributed by atoms with Gasteiger partial charge in [0.2, 0.25) is 0 Å². The van der Waals surface area contributed by atoms with Gasteiger partial charge in [-0.1, -0.05) is 146 Å². The summed E-state index contributed by atoms with van der Waals surface area (Å²) in [4.78, 5) is 0. The van der Waals surface area contributed by atoms with Crippen LogP contribution in [0.3, 0.4) is 0 Å².